The maximum Gasteiger partial charge on any atom is 0.264 e. The molecule has 27 heavy (non-hydrogen) atoms. The Hall–Kier alpha value is -3.11. The largest absolute Gasteiger partial charge is 0.374 e. The Morgan fingerprint density at radius 1 is 0.852 bits per heavy atom. The predicted octanol–water partition coefficient (Wildman–Crippen LogP) is 4.15. The molecule has 1 aliphatic rings. The SMILES string of the molecule is O=C1CNc2ccccc2N1C(=O)C(Cl)(c1ccccc1)c1ccccc1. The summed E-state index contributed by atoms with van der Waals surface area (Å²) in [6.07, 6.45) is 0. The number of carbonyl (C=O) groups is 2. The van der Waals surface area contributed by atoms with E-state index in [1.807, 2.05) is 48.5 Å². The van der Waals surface area contributed by atoms with E-state index in [4.69, 9.17) is 11.6 Å². The molecule has 2 amide bonds. The third kappa shape index (κ3) is 2.88. The first-order chi connectivity index (χ1) is 13.1. The molecule has 1 heterocycles. The van der Waals surface area contributed by atoms with Crippen LogP contribution in [0, 0.1) is 0 Å². The monoisotopic (exact) mass is 376 g/mol. The zero-order valence-corrected chi connectivity index (χ0v) is 15.2. The first-order valence-corrected chi connectivity index (χ1v) is 9.00. The molecule has 0 radical (unpaired) electrons. The molecule has 0 aliphatic carbocycles. The normalized spacial score (nSPS) is 13.7. The van der Waals surface area contributed by atoms with Gasteiger partial charge < -0.3 is 5.32 Å². The fourth-order valence-corrected chi connectivity index (χ4v) is 3.66. The van der Waals surface area contributed by atoms with Crippen LogP contribution in [0.3, 0.4) is 0 Å². The molecule has 0 saturated carbocycles. The molecule has 0 bridgehead atoms. The molecular weight excluding hydrogens is 360 g/mol. The number of nitrogens with zero attached hydrogens (tertiary/aromatic N) is 1. The second-order valence-corrected chi connectivity index (χ2v) is 6.86. The predicted molar refractivity (Wildman–Crippen MR) is 107 cm³/mol. The lowest BCUT2D eigenvalue weighted by molar-refractivity contribution is -0.127. The second kappa shape index (κ2) is 6.89. The average Bonchev–Trinajstić information content (AvgIpc) is 2.74. The summed E-state index contributed by atoms with van der Waals surface area (Å²) >= 11 is 7.04. The Morgan fingerprint density at radius 2 is 1.37 bits per heavy atom. The molecule has 0 atom stereocenters. The second-order valence-electron chi connectivity index (χ2n) is 6.30. The van der Waals surface area contributed by atoms with Gasteiger partial charge in [0, 0.05) is 0 Å². The summed E-state index contributed by atoms with van der Waals surface area (Å²) in [6, 6.07) is 25.5. The molecule has 0 saturated heterocycles. The quantitative estimate of drug-likeness (QED) is 0.698. The highest BCUT2D eigenvalue weighted by Crippen LogP contribution is 2.41. The number of anilines is 2. The van der Waals surface area contributed by atoms with Crippen molar-refractivity contribution in [2.45, 2.75) is 4.87 Å². The maximum atomic E-state index is 13.7. The summed E-state index contributed by atoms with van der Waals surface area (Å²) in [6.45, 7) is 0.0410. The van der Waals surface area contributed by atoms with Crippen molar-refractivity contribution in [1.82, 2.24) is 0 Å². The Morgan fingerprint density at radius 3 is 1.96 bits per heavy atom. The number of imide groups is 1. The molecule has 4 rings (SSSR count). The molecule has 5 heteroatoms. The van der Waals surface area contributed by atoms with Gasteiger partial charge in [0.05, 0.1) is 17.9 Å². The van der Waals surface area contributed by atoms with Gasteiger partial charge in [-0.05, 0) is 23.3 Å². The Labute approximate surface area is 162 Å². The maximum absolute atomic E-state index is 13.7. The van der Waals surface area contributed by atoms with Gasteiger partial charge in [0.1, 0.15) is 0 Å². The van der Waals surface area contributed by atoms with Gasteiger partial charge in [-0.2, -0.15) is 0 Å². The van der Waals surface area contributed by atoms with Gasteiger partial charge in [0.2, 0.25) is 0 Å². The van der Waals surface area contributed by atoms with E-state index in [1.165, 1.54) is 4.90 Å². The number of hydrogen-bond donors (Lipinski definition) is 1. The van der Waals surface area contributed by atoms with Gasteiger partial charge in [-0.15, -0.1) is 0 Å². The number of benzene rings is 3. The summed E-state index contributed by atoms with van der Waals surface area (Å²) in [7, 11) is 0. The van der Waals surface area contributed by atoms with Crippen LogP contribution in [-0.4, -0.2) is 18.4 Å². The molecule has 134 valence electrons. The highest BCUT2D eigenvalue weighted by Gasteiger charge is 2.46. The third-order valence-electron chi connectivity index (χ3n) is 4.67. The van der Waals surface area contributed by atoms with Crippen molar-refractivity contribution in [2.75, 3.05) is 16.8 Å². The van der Waals surface area contributed by atoms with Gasteiger partial charge >= 0.3 is 0 Å². The zero-order chi connectivity index (χ0) is 18.9. The summed E-state index contributed by atoms with van der Waals surface area (Å²) in [5.41, 5.74) is 2.47. The van der Waals surface area contributed by atoms with E-state index in [2.05, 4.69) is 5.32 Å². The van der Waals surface area contributed by atoms with E-state index >= 15 is 0 Å². The molecule has 1 aliphatic heterocycles. The van der Waals surface area contributed by atoms with Crippen LogP contribution in [0.1, 0.15) is 11.1 Å². The van der Waals surface area contributed by atoms with Crippen LogP contribution in [0.15, 0.2) is 84.9 Å². The van der Waals surface area contributed by atoms with Gasteiger partial charge in [-0.25, -0.2) is 4.90 Å². The number of fused-ring (bicyclic) bond motifs is 1. The lowest BCUT2D eigenvalue weighted by atomic mass is 9.88. The van der Waals surface area contributed by atoms with Crippen molar-refractivity contribution in [3.63, 3.8) is 0 Å². The summed E-state index contributed by atoms with van der Waals surface area (Å²) in [4.78, 5) is 26.1. The molecule has 0 fully saturated rings. The van der Waals surface area contributed by atoms with Crippen molar-refractivity contribution in [3.8, 4) is 0 Å². The smallest absolute Gasteiger partial charge is 0.264 e. The minimum atomic E-state index is -1.51. The van der Waals surface area contributed by atoms with Gasteiger partial charge in [0.15, 0.2) is 4.87 Å². The van der Waals surface area contributed by atoms with Crippen LogP contribution in [0.5, 0.6) is 0 Å². The van der Waals surface area contributed by atoms with Crippen LogP contribution < -0.4 is 10.2 Å². The zero-order valence-electron chi connectivity index (χ0n) is 14.4. The number of halogens is 1. The number of amides is 2. The fraction of sp³-hybridized carbons (Fsp3) is 0.0909. The Balaban J connectivity index is 1.89. The number of alkyl halides is 1. The molecule has 0 aromatic heterocycles. The van der Waals surface area contributed by atoms with Crippen LogP contribution in [0.25, 0.3) is 0 Å². The fourth-order valence-electron chi connectivity index (χ4n) is 3.33. The third-order valence-corrected chi connectivity index (χ3v) is 5.26. The van der Waals surface area contributed by atoms with E-state index in [0.29, 0.717) is 16.8 Å². The molecule has 3 aromatic rings. The summed E-state index contributed by atoms with van der Waals surface area (Å²) in [5.74, 6) is -0.823. The number of para-hydroxylation sites is 2. The van der Waals surface area contributed by atoms with E-state index in [0.717, 1.165) is 5.69 Å². The Kier molecular flexibility index (Phi) is 4.42. The topological polar surface area (TPSA) is 49.4 Å². The van der Waals surface area contributed by atoms with E-state index in [-0.39, 0.29) is 12.5 Å². The molecule has 0 spiro atoms. The van der Waals surface area contributed by atoms with Crippen molar-refractivity contribution < 1.29 is 9.59 Å². The van der Waals surface area contributed by atoms with Gasteiger partial charge in [0.25, 0.3) is 11.8 Å². The van der Waals surface area contributed by atoms with Crippen LogP contribution in [-0.2, 0) is 14.5 Å². The molecular formula is C22H17ClN2O2. The molecule has 3 aromatic carbocycles. The van der Waals surface area contributed by atoms with E-state index in [1.54, 1.807) is 36.4 Å². The minimum absolute atomic E-state index is 0.0410. The molecule has 0 unspecified atom stereocenters. The van der Waals surface area contributed by atoms with Crippen molar-refractivity contribution in [3.05, 3.63) is 96.1 Å². The lowest BCUT2D eigenvalue weighted by Crippen LogP contribution is -2.51. The van der Waals surface area contributed by atoms with E-state index in [9.17, 15) is 9.59 Å². The molecule has 1 N–H and O–H groups in total. The summed E-state index contributed by atoms with van der Waals surface area (Å²) in [5, 5.41) is 3.04. The standard InChI is InChI=1S/C22H17ClN2O2/c23-22(16-9-3-1-4-10-16,17-11-5-2-6-12-17)21(27)25-19-14-8-7-13-18(19)24-15-20(25)26/h1-14,24H,15H2. The first kappa shape index (κ1) is 17.3. The van der Waals surface area contributed by atoms with Crippen LogP contribution in [0.2, 0.25) is 0 Å². The highest BCUT2D eigenvalue weighted by atomic mass is 35.5. The molecule has 4 nitrogen and oxygen atoms in total. The van der Waals surface area contributed by atoms with Crippen molar-refractivity contribution in [1.29, 1.82) is 0 Å². The van der Waals surface area contributed by atoms with E-state index < -0.39 is 10.8 Å². The van der Waals surface area contributed by atoms with Crippen LogP contribution >= 0.6 is 11.6 Å². The first-order valence-electron chi connectivity index (χ1n) is 8.62. The average molecular weight is 377 g/mol. The van der Waals surface area contributed by atoms with Crippen molar-refractivity contribution in [2.24, 2.45) is 0 Å². The number of rotatable bonds is 3. The lowest BCUT2D eigenvalue weighted by Gasteiger charge is -2.35. The van der Waals surface area contributed by atoms with Crippen LogP contribution in [0.4, 0.5) is 11.4 Å². The van der Waals surface area contributed by atoms with Gasteiger partial charge in [-0.3, -0.25) is 9.59 Å². The van der Waals surface area contributed by atoms with Gasteiger partial charge in [-0.1, -0.05) is 84.4 Å². The van der Waals surface area contributed by atoms with Crippen molar-refractivity contribution >= 4 is 34.8 Å². The number of hydrogen-bond acceptors (Lipinski definition) is 3. The minimum Gasteiger partial charge on any atom is -0.374 e. The Bertz CT molecular complexity index is 950. The highest BCUT2D eigenvalue weighted by molar-refractivity contribution is 6.42. The number of carbonyl (C=O) groups excluding carboxylic acids is 2. The summed E-state index contributed by atoms with van der Waals surface area (Å²) < 4.78 is 0. The number of nitrogens with one attached hydrogen (secondary N) is 1.